The number of halogens is 1. The number of fused-ring (bicyclic) bond motifs is 1. The maximum absolute atomic E-state index is 14.2. The summed E-state index contributed by atoms with van der Waals surface area (Å²) < 4.78 is 25.9. The van der Waals surface area contributed by atoms with E-state index in [1.807, 2.05) is 36.4 Å². The van der Waals surface area contributed by atoms with Crippen molar-refractivity contribution in [2.45, 2.75) is 62.6 Å². The second-order valence-electron chi connectivity index (χ2n) is 12.7. The smallest absolute Gasteiger partial charge is 0.255 e. The molecule has 2 heterocycles. The number of ether oxygens (including phenoxy) is 2. The van der Waals surface area contributed by atoms with Crippen molar-refractivity contribution in [1.82, 2.24) is 21.3 Å². The van der Waals surface area contributed by atoms with E-state index < -0.39 is 53.1 Å². The fourth-order valence-corrected chi connectivity index (χ4v) is 6.00. The SMILES string of the molecule is CC1(C)NC(=O)C[C@@H](C(=O)NCC2(c3cccc(F)c3)CCOCC2)NC(=O)c2ccccc2OC[C@@H](Cc2ccccc2)NC1=O. The Balaban J connectivity index is 1.39. The minimum absolute atomic E-state index is 0.0464. The highest BCUT2D eigenvalue weighted by Gasteiger charge is 2.38. The standard InChI is InChI=1S/C36H41FN4O6/c1-35(2)34(45)39-27(19-24-9-4-3-5-10-24)22-47-30-14-7-6-13-28(30)32(43)40-29(21-31(42)41-35)33(44)38-23-36(15-17-46-18-16-36)25-11-8-12-26(37)20-25/h3-14,20,27,29H,15-19,21-23H2,1-2H3,(H,38,44)(H,39,45)(H,40,43)(H,41,42)/t27-,29+/m1/s1. The maximum atomic E-state index is 14.2. The zero-order valence-electron chi connectivity index (χ0n) is 26.6. The largest absolute Gasteiger partial charge is 0.491 e. The third kappa shape index (κ3) is 8.53. The molecular formula is C36H41FN4O6. The summed E-state index contributed by atoms with van der Waals surface area (Å²) in [6.45, 7) is 4.21. The summed E-state index contributed by atoms with van der Waals surface area (Å²) in [6.07, 6.45) is 1.12. The number of benzene rings is 3. The van der Waals surface area contributed by atoms with Crippen molar-refractivity contribution in [1.29, 1.82) is 0 Å². The number of carbonyl (C=O) groups is 4. The molecule has 0 saturated carbocycles. The van der Waals surface area contributed by atoms with Crippen LogP contribution in [0.4, 0.5) is 4.39 Å². The van der Waals surface area contributed by atoms with Gasteiger partial charge < -0.3 is 30.7 Å². The van der Waals surface area contributed by atoms with E-state index in [0.717, 1.165) is 11.1 Å². The Labute approximate surface area is 273 Å². The van der Waals surface area contributed by atoms with Gasteiger partial charge in [0.05, 0.1) is 18.0 Å². The molecule has 2 aliphatic heterocycles. The van der Waals surface area contributed by atoms with Gasteiger partial charge in [-0.05, 0) is 68.5 Å². The van der Waals surface area contributed by atoms with Gasteiger partial charge in [-0.15, -0.1) is 0 Å². The zero-order valence-corrected chi connectivity index (χ0v) is 26.6. The van der Waals surface area contributed by atoms with Crippen molar-refractivity contribution in [2.24, 2.45) is 0 Å². The van der Waals surface area contributed by atoms with Gasteiger partial charge in [-0.3, -0.25) is 19.2 Å². The summed E-state index contributed by atoms with van der Waals surface area (Å²) in [5.74, 6) is -2.33. The minimum Gasteiger partial charge on any atom is -0.491 e. The molecule has 0 aliphatic carbocycles. The Bertz CT molecular complexity index is 1590. The van der Waals surface area contributed by atoms with E-state index in [4.69, 9.17) is 9.47 Å². The summed E-state index contributed by atoms with van der Waals surface area (Å²) in [4.78, 5) is 54.2. The van der Waals surface area contributed by atoms with Gasteiger partial charge in [-0.2, -0.15) is 0 Å². The van der Waals surface area contributed by atoms with Crippen LogP contribution in [0, 0.1) is 5.82 Å². The van der Waals surface area contributed by atoms with E-state index in [1.54, 1.807) is 44.2 Å². The Morgan fingerprint density at radius 1 is 0.936 bits per heavy atom. The van der Waals surface area contributed by atoms with Crippen LogP contribution in [-0.2, 0) is 31.0 Å². The van der Waals surface area contributed by atoms with Crippen LogP contribution < -0.4 is 26.0 Å². The topological polar surface area (TPSA) is 135 Å². The van der Waals surface area contributed by atoms with E-state index in [0.29, 0.717) is 32.5 Å². The van der Waals surface area contributed by atoms with E-state index in [9.17, 15) is 23.6 Å². The second-order valence-corrected chi connectivity index (χ2v) is 12.7. The van der Waals surface area contributed by atoms with Crippen molar-refractivity contribution >= 4 is 23.6 Å². The van der Waals surface area contributed by atoms with Crippen LogP contribution in [0.15, 0.2) is 78.9 Å². The van der Waals surface area contributed by atoms with Crippen molar-refractivity contribution in [3.63, 3.8) is 0 Å². The predicted octanol–water partition coefficient (Wildman–Crippen LogP) is 3.19. The lowest BCUT2D eigenvalue weighted by Gasteiger charge is -2.38. The molecule has 3 aromatic rings. The van der Waals surface area contributed by atoms with Crippen molar-refractivity contribution in [3.05, 3.63) is 101 Å². The Morgan fingerprint density at radius 3 is 2.40 bits per heavy atom. The molecule has 5 rings (SSSR count). The highest BCUT2D eigenvalue weighted by Crippen LogP contribution is 2.34. The molecule has 2 atom stereocenters. The lowest BCUT2D eigenvalue weighted by atomic mass is 9.74. The van der Waals surface area contributed by atoms with Crippen molar-refractivity contribution in [3.8, 4) is 5.75 Å². The number of para-hydroxylation sites is 1. The van der Waals surface area contributed by atoms with Crippen LogP contribution in [0.25, 0.3) is 0 Å². The highest BCUT2D eigenvalue weighted by molar-refractivity contribution is 6.01. The molecule has 4 amide bonds. The Kier molecular flexibility index (Phi) is 10.6. The highest BCUT2D eigenvalue weighted by atomic mass is 19.1. The van der Waals surface area contributed by atoms with E-state index in [1.165, 1.54) is 12.1 Å². The van der Waals surface area contributed by atoms with Gasteiger partial charge in [0.2, 0.25) is 17.7 Å². The summed E-state index contributed by atoms with van der Waals surface area (Å²) >= 11 is 0. The molecule has 0 bridgehead atoms. The molecule has 0 radical (unpaired) electrons. The molecule has 47 heavy (non-hydrogen) atoms. The molecule has 1 saturated heterocycles. The third-order valence-corrected chi connectivity index (χ3v) is 8.75. The second kappa shape index (κ2) is 14.8. The predicted molar refractivity (Wildman–Crippen MR) is 173 cm³/mol. The van der Waals surface area contributed by atoms with E-state index in [-0.39, 0.29) is 30.3 Å². The van der Waals surface area contributed by atoms with Crippen LogP contribution in [0.2, 0.25) is 0 Å². The summed E-state index contributed by atoms with van der Waals surface area (Å²) in [7, 11) is 0. The molecule has 4 N–H and O–H groups in total. The minimum atomic E-state index is -1.34. The first kappa shape index (κ1) is 33.6. The lowest BCUT2D eigenvalue weighted by Crippen LogP contribution is -2.59. The molecule has 0 aromatic heterocycles. The molecule has 2 aliphatic rings. The maximum Gasteiger partial charge on any atom is 0.255 e. The summed E-state index contributed by atoms with van der Waals surface area (Å²) in [6, 6.07) is 20.7. The average Bonchev–Trinajstić information content (AvgIpc) is 3.06. The van der Waals surface area contributed by atoms with Gasteiger partial charge >= 0.3 is 0 Å². The van der Waals surface area contributed by atoms with E-state index in [2.05, 4.69) is 21.3 Å². The van der Waals surface area contributed by atoms with Crippen molar-refractivity contribution in [2.75, 3.05) is 26.4 Å². The number of nitrogens with one attached hydrogen (secondary N) is 4. The first-order valence-corrected chi connectivity index (χ1v) is 15.8. The quantitative estimate of drug-likeness (QED) is 0.326. The van der Waals surface area contributed by atoms with Crippen LogP contribution >= 0.6 is 0 Å². The number of hydrogen-bond donors (Lipinski definition) is 4. The van der Waals surface area contributed by atoms with Gasteiger partial charge in [0, 0.05) is 25.2 Å². The van der Waals surface area contributed by atoms with Crippen molar-refractivity contribution < 1.29 is 33.0 Å². The Hall–Kier alpha value is -4.77. The van der Waals surface area contributed by atoms with Gasteiger partial charge in [-0.25, -0.2) is 4.39 Å². The Morgan fingerprint density at radius 2 is 1.66 bits per heavy atom. The molecule has 0 spiro atoms. The van der Waals surface area contributed by atoms with Crippen LogP contribution in [0.5, 0.6) is 5.75 Å². The molecule has 3 aromatic carbocycles. The van der Waals surface area contributed by atoms with Crippen LogP contribution in [0.3, 0.4) is 0 Å². The average molecular weight is 645 g/mol. The van der Waals surface area contributed by atoms with Gasteiger partial charge in [-0.1, -0.05) is 54.6 Å². The molecule has 0 unspecified atom stereocenters. The van der Waals surface area contributed by atoms with Crippen LogP contribution in [0.1, 0.15) is 54.6 Å². The first-order valence-electron chi connectivity index (χ1n) is 15.8. The number of amides is 4. The fourth-order valence-electron chi connectivity index (χ4n) is 6.00. The van der Waals surface area contributed by atoms with Gasteiger partial charge in [0.15, 0.2) is 0 Å². The summed E-state index contributed by atoms with van der Waals surface area (Å²) in [5, 5.41) is 11.4. The molecule has 10 nitrogen and oxygen atoms in total. The van der Waals surface area contributed by atoms with Gasteiger partial charge in [0.1, 0.15) is 29.8 Å². The first-order chi connectivity index (χ1) is 22.5. The van der Waals surface area contributed by atoms with E-state index >= 15 is 0 Å². The number of hydrogen-bond acceptors (Lipinski definition) is 6. The van der Waals surface area contributed by atoms with Crippen LogP contribution in [-0.4, -0.2) is 67.6 Å². The molecular weight excluding hydrogens is 603 g/mol. The normalized spacial score (nSPS) is 21.5. The molecule has 11 heteroatoms. The molecule has 248 valence electrons. The number of rotatable bonds is 6. The number of carbonyl (C=O) groups excluding carboxylic acids is 4. The zero-order chi connectivity index (χ0) is 33.4. The fraction of sp³-hybridized carbons (Fsp3) is 0.389. The summed E-state index contributed by atoms with van der Waals surface area (Å²) in [5.41, 5.74) is -0.0560. The van der Waals surface area contributed by atoms with Gasteiger partial charge in [0.25, 0.3) is 5.91 Å². The molecule has 1 fully saturated rings. The monoisotopic (exact) mass is 644 g/mol. The lowest BCUT2D eigenvalue weighted by molar-refractivity contribution is -0.134. The third-order valence-electron chi connectivity index (χ3n) is 8.75.